The van der Waals surface area contributed by atoms with Crippen LogP contribution in [0.2, 0.25) is 0 Å². The van der Waals surface area contributed by atoms with Crippen LogP contribution in [0.15, 0.2) is 56.9 Å². The number of fused-ring (bicyclic) bond motifs is 1. The molecule has 0 aliphatic heterocycles. The highest BCUT2D eigenvalue weighted by atomic mass is 32.2. The van der Waals surface area contributed by atoms with E-state index in [0.717, 1.165) is 20.2 Å². The molecule has 3 aromatic rings. The normalized spacial score (nSPS) is 11.3. The second-order valence-corrected chi connectivity index (χ2v) is 8.18. The van der Waals surface area contributed by atoms with Gasteiger partial charge in [-0.15, -0.1) is 11.8 Å². The quantitative estimate of drug-likeness (QED) is 0.510. The zero-order valence-electron chi connectivity index (χ0n) is 16.1. The van der Waals surface area contributed by atoms with E-state index in [4.69, 9.17) is 5.73 Å². The van der Waals surface area contributed by atoms with Gasteiger partial charge in [0.05, 0.1) is 5.75 Å². The molecule has 2 N–H and O–H groups in total. The number of nitrogens with two attached hydrogens (primary N) is 1. The summed E-state index contributed by atoms with van der Waals surface area (Å²) in [5.74, 6) is -0.218. The van der Waals surface area contributed by atoms with Crippen LogP contribution in [0.5, 0.6) is 0 Å². The van der Waals surface area contributed by atoms with Crippen LogP contribution in [0.25, 0.3) is 10.8 Å². The van der Waals surface area contributed by atoms with Gasteiger partial charge in [0.1, 0.15) is 11.4 Å². The Hall–Kier alpha value is -2.80. The van der Waals surface area contributed by atoms with Crippen LogP contribution in [-0.4, -0.2) is 20.7 Å². The van der Waals surface area contributed by atoms with Crippen molar-refractivity contribution < 1.29 is 4.79 Å². The number of rotatable bonds is 6. The second-order valence-electron chi connectivity index (χ2n) is 7.13. The van der Waals surface area contributed by atoms with E-state index in [2.05, 4.69) is 0 Å². The van der Waals surface area contributed by atoms with Gasteiger partial charge in [-0.3, -0.25) is 18.7 Å². The molecular formula is C21H23N3O3S. The number of aromatic nitrogens is 2. The number of carbonyl (C=O) groups excluding carboxylic acids is 1. The van der Waals surface area contributed by atoms with Gasteiger partial charge >= 0.3 is 5.69 Å². The first-order valence-electron chi connectivity index (χ1n) is 9.03. The fourth-order valence-corrected chi connectivity index (χ4v) is 3.88. The fraction of sp³-hybridized carbons (Fsp3) is 0.286. The van der Waals surface area contributed by atoms with Gasteiger partial charge in [0.2, 0.25) is 0 Å². The Bertz CT molecular complexity index is 1160. The van der Waals surface area contributed by atoms with Gasteiger partial charge in [0.15, 0.2) is 5.78 Å². The molecule has 0 fully saturated rings. The van der Waals surface area contributed by atoms with Gasteiger partial charge in [-0.1, -0.05) is 44.2 Å². The third-order valence-corrected chi connectivity index (χ3v) is 5.49. The number of benzene rings is 2. The molecule has 0 aliphatic rings. The Morgan fingerprint density at radius 2 is 1.79 bits per heavy atom. The van der Waals surface area contributed by atoms with E-state index in [9.17, 15) is 14.4 Å². The largest absolute Gasteiger partial charge is 0.384 e. The summed E-state index contributed by atoms with van der Waals surface area (Å²) in [5.41, 5.74) is 4.80. The van der Waals surface area contributed by atoms with Crippen LogP contribution < -0.4 is 17.0 Å². The summed E-state index contributed by atoms with van der Waals surface area (Å²) in [7, 11) is 1.37. The highest BCUT2D eigenvalue weighted by Crippen LogP contribution is 2.24. The number of carbonyl (C=O) groups is 1. The maximum atomic E-state index is 12.8. The number of thioether (sulfide) groups is 1. The van der Waals surface area contributed by atoms with Crippen LogP contribution in [0.1, 0.15) is 24.2 Å². The molecule has 7 heteroatoms. The van der Waals surface area contributed by atoms with Gasteiger partial charge in [-0.2, -0.15) is 0 Å². The average molecular weight is 398 g/mol. The number of Topliss-reactive ketones (excluding diaryl/α,β-unsaturated/α-hetero) is 1. The molecule has 0 amide bonds. The van der Waals surface area contributed by atoms with E-state index in [1.165, 1.54) is 23.4 Å². The average Bonchev–Trinajstić information content (AvgIpc) is 2.68. The SMILES string of the molecule is CC(C)Cn1c(N)c(C(=O)CSc2ccc3ccccc3c2)c(=O)n(C)c1=O. The van der Waals surface area contributed by atoms with E-state index in [0.29, 0.717) is 6.54 Å². The summed E-state index contributed by atoms with van der Waals surface area (Å²) in [6.45, 7) is 4.22. The summed E-state index contributed by atoms with van der Waals surface area (Å²) in [4.78, 5) is 38.6. The summed E-state index contributed by atoms with van der Waals surface area (Å²) in [6, 6.07) is 13.9. The van der Waals surface area contributed by atoms with Crippen LogP contribution in [-0.2, 0) is 13.6 Å². The summed E-state index contributed by atoms with van der Waals surface area (Å²) < 4.78 is 2.26. The lowest BCUT2D eigenvalue weighted by atomic mass is 10.1. The summed E-state index contributed by atoms with van der Waals surface area (Å²) in [5, 5.41) is 2.21. The van der Waals surface area contributed by atoms with Crippen molar-refractivity contribution in [1.29, 1.82) is 0 Å². The Kier molecular flexibility index (Phi) is 5.74. The molecule has 0 unspecified atom stereocenters. The predicted molar refractivity (Wildman–Crippen MR) is 114 cm³/mol. The van der Waals surface area contributed by atoms with E-state index < -0.39 is 11.2 Å². The van der Waals surface area contributed by atoms with Crippen molar-refractivity contribution in [2.45, 2.75) is 25.3 Å². The van der Waals surface area contributed by atoms with Gasteiger partial charge in [0, 0.05) is 18.5 Å². The molecule has 0 saturated carbocycles. The van der Waals surface area contributed by atoms with Crippen molar-refractivity contribution >= 4 is 34.1 Å². The van der Waals surface area contributed by atoms with Crippen LogP contribution >= 0.6 is 11.8 Å². The standard InChI is InChI=1S/C21H23N3O3S/c1-13(2)11-24-19(22)18(20(26)23(3)21(24)27)17(25)12-28-16-9-8-14-6-4-5-7-15(14)10-16/h4-10,13H,11-12,22H2,1-3H3. The Morgan fingerprint density at radius 1 is 1.11 bits per heavy atom. The van der Waals surface area contributed by atoms with E-state index >= 15 is 0 Å². The lowest BCUT2D eigenvalue weighted by molar-refractivity contribution is 0.102. The Labute approximate surface area is 167 Å². The molecule has 3 rings (SSSR count). The van der Waals surface area contributed by atoms with Gasteiger partial charge in [-0.05, 0) is 28.8 Å². The number of nitrogen functional groups attached to an aromatic ring is 1. The fourth-order valence-electron chi connectivity index (χ4n) is 3.07. The number of hydrogen-bond donors (Lipinski definition) is 1. The minimum absolute atomic E-state index is 0.0501. The number of hydrogen-bond acceptors (Lipinski definition) is 5. The van der Waals surface area contributed by atoms with Crippen molar-refractivity contribution in [3.05, 3.63) is 68.9 Å². The highest BCUT2D eigenvalue weighted by molar-refractivity contribution is 8.00. The summed E-state index contributed by atoms with van der Waals surface area (Å²) in [6.07, 6.45) is 0. The van der Waals surface area contributed by atoms with Crippen molar-refractivity contribution in [1.82, 2.24) is 9.13 Å². The molecule has 1 heterocycles. The molecule has 0 saturated heterocycles. The highest BCUT2D eigenvalue weighted by Gasteiger charge is 2.21. The van der Waals surface area contributed by atoms with Crippen LogP contribution in [0.4, 0.5) is 5.82 Å². The number of nitrogens with zero attached hydrogens (tertiary/aromatic N) is 2. The monoisotopic (exact) mass is 397 g/mol. The number of ketones is 1. The molecule has 0 bridgehead atoms. The number of anilines is 1. The third-order valence-electron chi connectivity index (χ3n) is 4.50. The molecular weight excluding hydrogens is 374 g/mol. The second kappa shape index (κ2) is 8.06. The predicted octanol–water partition coefficient (Wildman–Crippen LogP) is 2.91. The molecule has 6 nitrogen and oxygen atoms in total. The zero-order chi connectivity index (χ0) is 20.4. The first-order valence-corrected chi connectivity index (χ1v) is 10.0. The molecule has 1 aromatic heterocycles. The topological polar surface area (TPSA) is 87.1 Å². The first kappa shape index (κ1) is 19.9. The molecule has 0 aliphatic carbocycles. The molecule has 2 aromatic carbocycles. The van der Waals surface area contributed by atoms with Crippen LogP contribution in [0, 0.1) is 5.92 Å². The third kappa shape index (κ3) is 3.89. The Morgan fingerprint density at radius 3 is 2.46 bits per heavy atom. The lowest BCUT2D eigenvalue weighted by Gasteiger charge is -2.16. The van der Waals surface area contributed by atoms with Crippen molar-refractivity contribution in [3.63, 3.8) is 0 Å². The zero-order valence-corrected chi connectivity index (χ0v) is 17.0. The van der Waals surface area contributed by atoms with E-state index in [1.807, 2.05) is 56.3 Å². The molecule has 28 heavy (non-hydrogen) atoms. The molecule has 0 radical (unpaired) electrons. The van der Waals surface area contributed by atoms with Crippen molar-refractivity contribution in [2.75, 3.05) is 11.5 Å². The molecule has 0 atom stereocenters. The molecule has 146 valence electrons. The van der Waals surface area contributed by atoms with Gasteiger partial charge in [-0.25, -0.2) is 4.79 Å². The Balaban J connectivity index is 1.90. The van der Waals surface area contributed by atoms with E-state index in [1.54, 1.807) is 0 Å². The van der Waals surface area contributed by atoms with Crippen molar-refractivity contribution in [2.24, 2.45) is 13.0 Å². The van der Waals surface area contributed by atoms with Gasteiger partial charge in [0.25, 0.3) is 5.56 Å². The minimum Gasteiger partial charge on any atom is -0.384 e. The molecule has 0 spiro atoms. The summed E-state index contributed by atoms with van der Waals surface area (Å²) >= 11 is 1.34. The lowest BCUT2D eigenvalue weighted by Crippen LogP contribution is -2.43. The van der Waals surface area contributed by atoms with Gasteiger partial charge < -0.3 is 5.73 Å². The first-order chi connectivity index (χ1) is 13.3. The van der Waals surface area contributed by atoms with Crippen molar-refractivity contribution in [3.8, 4) is 0 Å². The maximum absolute atomic E-state index is 12.8. The maximum Gasteiger partial charge on any atom is 0.332 e. The van der Waals surface area contributed by atoms with E-state index in [-0.39, 0.29) is 28.8 Å². The smallest absolute Gasteiger partial charge is 0.332 e. The minimum atomic E-state index is -0.647. The van der Waals surface area contributed by atoms with Crippen LogP contribution in [0.3, 0.4) is 0 Å².